The molecule has 0 spiro atoms. The van der Waals surface area contributed by atoms with Crippen molar-refractivity contribution >= 4 is 15.6 Å². The van der Waals surface area contributed by atoms with E-state index in [2.05, 4.69) is 6.58 Å². The van der Waals surface area contributed by atoms with Crippen molar-refractivity contribution < 1.29 is 9.63 Å². The normalized spacial score (nSPS) is 18.3. The van der Waals surface area contributed by atoms with E-state index in [4.69, 9.17) is 12.1 Å². The second-order valence-corrected chi connectivity index (χ2v) is 4.46. The van der Waals surface area contributed by atoms with Gasteiger partial charge in [0, 0.05) is 5.92 Å². The fraction of sp³-hybridized carbons (Fsp3) is 0.750. The Bertz CT molecular complexity index is 150. The van der Waals surface area contributed by atoms with Crippen LogP contribution >= 0.6 is 8.03 Å². The maximum atomic E-state index is 9.49. The van der Waals surface area contributed by atoms with Gasteiger partial charge in [-0.3, -0.25) is 0 Å². The molecule has 0 saturated carbocycles. The number of aliphatic hydroxyl groups excluding tert-OH is 1. The first-order valence-electron chi connectivity index (χ1n) is 3.90. The Hall–Kier alpha value is 0.155. The van der Waals surface area contributed by atoms with Crippen LogP contribution < -0.4 is 0 Å². The molecular weight excluding hydrogens is 170 g/mol. The van der Waals surface area contributed by atoms with Gasteiger partial charge in [0.05, 0.1) is 12.7 Å². The van der Waals surface area contributed by atoms with Crippen LogP contribution in [0.3, 0.4) is 0 Å². The van der Waals surface area contributed by atoms with Gasteiger partial charge in [-0.25, -0.2) is 0 Å². The molecule has 3 atom stereocenters. The van der Waals surface area contributed by atoms with E-state index >= 15 is 0 Å². The van der Waals surface area contributed by atoms with Crippen LogP contribution in [0.5, 0.6) is 0 Å². The summed E-state index contributed by atoms with van der Waals surface area (Å²) in [6.45, 7) is 9.71. The van der Waals surface area contributed by atoms with E-state index in [1.807, 2.05) is 13.6 Å². The molecular formula is C8H16BO2P. The molecule has 0 saturated heterocycles. The maximum absolute atomic E-state index is 9.49. The molecule has 0 aliphatic rings. The lowest BCUT2D eigenvalue weighted by molar-refractivity contribution is 0.118. The summed E-state index contributed by atoms with van der Waals surface area (Å²) in [5.74, 6) is 0.0657. The van der Waals surface area contributed by atoms with Gasteiger partial charge >= 0.3 is 0 Å². The fourth-order valence-electron chi connectivity index (χ4n) is 0.812. The summed E-state index contributed by atoms with van der Waals surface area (Å²) in [7, 11) is 4.64. The SMILES string of the molecule is [B]P(C)OC[C@H](C)[C@@H](O)C(=C)C. The molecule has 1 unspecified atom stereocenters. The van der Waals surface area contributed by atoms with Crippen molar-refractivity contribution in [3.63, 3.8) is 0 Å². The van der Waals surface area contributed by atoms with E-state index in [1.54, 1.807) is 6.92 Å². The van der Waals surface area contributed by atoms with Crippen LogP contribution in [0.2, 0.25) is 0 Å². The first-order valence-corrected chi connectivity index (χ1v) is 5.67. The Labute approximate surface area is 77.2 Å². The number of hydrogen-bond donors (Lipinski definition) is 1. The number of rotatable bonds is 5. The van der Waals surface area contributed by atoms with Gasteiger partial charge in [0.1, 0.15) is 7.57 Å². The molecule has 68 valence electrons. The van der Waals surface area contributed by atoms with E-state index < -0.39 is 14.1 Å². The quantitative estimate of drug-likeness (QED) is 0.402. The Morgan fingerprint density at radius 2 is 2.25 bits per heavy atom. The minimum absolute atomic E-state index is 0.0657. The second-order valence-electron chi connectivity index (χ2n) is 3.11. The zero-order chi connectivity index (χ0) is 9.72. The minimum atomic E-state index is -0.818. The van der Waals surface area contributed by atoms with Crippen LogP contribution in [-0.2, 0) is 4.52 Å². The molecule has 0 heterocycles. The molecule has 0 bridgehead atoms. The highest BCUT2D eigenvalue weighted by atomic mass is 31.1. The van der Waals surface area contributed by atoms with Crippen LogP contribution in [0, 0.1) is 5.92 Å². The molecule has 0 aromatic rings. The molecule has 0 aromatic heterocycles. The Morgan fingerprint density at radius 3 is 2.58 bits per heavy atom. The Kier molecular flexibility index (Phi) is 5.82. The van der Waals surface area contributed by atoms with E-state index in [-0.39, 0.29) is 5.92 Å². The molecule has 0 rings (SSSR count). The smallest absolute Gasteiger partial charge is 0.148 e. The molecule has 4 heteroatoms. The Balaban J connectivity index is 3.71. The molecule has 2 nitrogen and oxygen atoms in total. The monoisotopic (exact) mass is 186 g/mol. The molecule has 0 aliphatic heterocycles. The van der Waals surface area contributed by atoms with Gasteiger partial charge in [-0.1, -0.05) is 19.1 Å². The van der Waals surface area contributed by atoms with E-state index in [0.717, 1.165) is 5.57 Å². The average Bonchev–Trinajstić information content (AvgIpc) is 1.98. The van der Waals surface area contributed by atoms with Gasteiger partial charge in [-0.15, -0.1) is 0 Å². The van der Waals surface area contributed by atoms with Crippen molar-refractivity contribution in [1.29, 1.82) is 0 Å². The molecule has 0 aromatic carbocycles. The molecule has 2 radical (unpaired) electrons. The average molecular weight is 186 g/mol. The summed E-state index contributed by atoms with van der Waals surface area (Å²) in [6.07, 6.45) is -0.486. The third-order valence-corrected chi connectivity index (χ3v) is 2.14. The summed E-state index contributed by atoms with van der Waals surface area (Å²) in [5.41, 5.74) is 0.767. The van der Waals surface area contributed by atoms with Crippen LogP contribution in [0.1, 0.15) is 13.8 Å². The standard InChI is InChI=1S/C8H16BO2P/c1-6(2)8(10)7(3)5-11-12(4)9/h7-8,10H,1,5H2,2-4H3/t7-,8-,12?/m0/s1. The molecule has 12 heavy (non-hydrogen) atoms. The van der Waals surface area contributed by atoms with Crippen LogP contribution in [0.15, 0.2) is 12.2 Å². The lowest BCUT2D eigenvalue weighted by Gasteiger charge is -2.20. The molecule has 0 fully saturated rings. The van der Waals surface area contributed by atoms with Crippen molar-refractivity contribution in [2.45, 2.75) is 20.0 Å². The highest BCUT2D eigenvalue weighted by molar-refractivity contribution is 7.77. The lowest BCUT2D eigenvalue weighted by Crippen LogP contribution is -2.22. The van der Waals surface area contributed by atoms with Gasteiger partial charge in [0.15, 0.2) is 0 Å². The highest BCUT2D eigenvalue weighted by Crippen LogP contribution is 2.26. The lowest BCUT2D eigenvalue weighted by atomic mass is 10.0. The maximum Gasteiger partial charge on any atom is 0.148 e. The summed E-state index contributed by atoms with van der Waals surface area (Å²) >= 11 is 0. The Morgan fingerprint density at radius 1 is 1.75 bits per heavy atom. The summed E-state index contributed by atoms with van der Waals surface area (Å²) in [6, 6.07) is 0. The number of aliphatic hydroxyl groups is 1. The van der Waals surface area contributed by atoms with Crippen molar-refractivity contribution in [3.8, 4) is 0 Å². The minimum Gasteiger partial charge on any atom is -0.388 e. The van der Waals surface area contributed by atoms with E-state index in [9.17, 15) is 5.11 Å². The van der Waals surface area contributed by atoms with E-state index in [0.29, 0.717) is 6.61 Å². The van der Waals surface area contributed by atoms with Crippen molar-refractivity contribution in [2.75, 3.05) is 13.3 Å². The van der Waals surface area contributed by atoms with Crippen LogP contribution in [0.4, 0.5) is 0 Å². The second kappa shape index (κ2) is 5.74. The summed E-state index contributed by atoms with van der Waals surface area (Å²) in [5, 5.41) is 9.49. The van der Waals surface area contributed by atoms with Gasteiger partial charge < -0.3 is 9.63 Å². The first-order chi connectivity index (χ1) is 5.45. The summed E-state index contributed by atoms with van der Waals surface area (Å²) in [4.78, 5) is 0. The van der Waals surface area contributed by atoms with E-state index in [1.165, 1.54) is 0 Å². The third kappa shape index (κ3) is 4.92. The molecule has 0 amide bonds. The van der Waals surface area contributed by atoms with Crippen molar-refractivity contribution in [3.05, 3.63) is 12.2 Å². The predicted octanol–water partition coefficient (Wildman–Crippen LogP) is 1.69. The molecule has 0 aliphatic carbocycles. The largest absolute Gasteiger partial charge is 0.388 e. The van der Waals surface area contributed by atoms with Gasteiger partial charge in [-0.05, 0) is 21.6 Å². The zero-order valence-electron chi connectivity index (χ0n) is 7.95. The predicted molar refractivity (Wildman–Crippen MR) is 54.5 cm³/mol. The van der Waals surface area contributed by atoms with Crippen molar-refractivity contribution in [1.82, 2.24) is 0 Å². The summed E-state index contributed by atoms with van der Waals surface area (Å²) < 4.78 is 5.22. The third-order valence-electron chi connectivity index (χ3n) is 1.58. The number of hydrogen-bond acceptors (Lipinski definition) is 2. The molecule has 1 N–H and O–H groups in total. The van der Waals surface area contributed by atoms with Gasteiger partial charge in [0.25, 0.3) is 0 Å². The zero-order valence-corrected chi connectivity index (χ0v) is 8.84. The fourth-order valence-corrected chi connectivity index (χ4v) is 1.28. The highest BCUT2D eigenvalue weighted by Gasteiger charge is 2.14. The van der Waals surface area contributed by atoms with Crippen LogP contribution in [-0.4, -0.2) is 32.0 Å². The van der Waals surface area contributed by atoms with Gasteiger partial charge in [-0.2, -0.15) is 0 Å². The topological polar surface area (TPSA) is 29.5 Å². The first kappa shape index (κ1) is 12.2. The van der Waals surface area contributed by atoms with Crippen LogP contribution in [0.25, 0.3) is 0 Å². The van der Waals surface area contributed by atoms with Gasteiger partial charge in [0.2, 0.25) is 0 Å². The van der Waals surface area contributed by atoms with Crippen molar-refractivity contribution in [2.24, 2.45) is 5.92 Å².